The lowest BCUT2D eigenvalue weighted by Gasteiger charge is -2.28. The van der Waals surface area contributed by atoms with Crippen LogP contribution >= 0.6 is 11.6 Å². The van der Waals surface area contributed by atoms with E-state index >= 15 is 0 Å². The highest BCUT2D eigenvalue weighted by atomic mass is 35.5. The van der Waals surface area contributed by atoms with Crippen molar-refractivity contribution in [3.05, 3.63) is 82.9 Å². The molecule has 1 unspecified atom stereocenters. The first-order valence-corrected chi connectivity index (χ1v) is 8.64. The zero-order chi connectivity index (χ0) is 17.4. The van der Waals surface area contributed by atoms with E-state index in [0.717, 1.165) is 22.6 Å². The summed E-state index contributed by atoms with van der Waals surface area (Å²) >= 11 is 6.07. The largest absolute Gasteiger partial charge is 0.335 e. The van der Waals surface area contributed by atoms with Gasteiger partial charge in [0, 0.05) is 29.6 Å². The average Bonchev–Trinajstić information content (AvgIpc) is 3.15. The van der Waals surface area contributed by atoms with Gasteiger partial charge in [-0.25, -0.2) is 4.98 Å². The monoisotopic (exact) mass is 351 g/mol. The minimum atomic E-state index is -0.724. The Balaban J connectivity index is 1.82. The van der Waals surface area contributed by atoms with E-state index in [1.807, 2.05) is 61.7 Å². The number of anilines is 1. The SMILES string of the molecule is Cc1nccn1CCC1(c2ccc(Cl)cc2)C(=O)Nc2ccccc21. The lowest BCUT2D eigenvalue weighted by molar-refractivity contribution is -0.119. The minimum Gasteiger partial charge on any atom is -0.335 e. The van der Waals surface area contributed by atoms with Crippen LogP contribution in [0.4, 0.5) is 5.69 Å². The van der Waals surface area contributed by atoms with E-state index in [4.69, 9.17) is 11.6 Å². The number of aromatic nitrogens is 2. The van der Waals surface area contributed by atoms with Crippen LogP contribution in [0.15, 0.2) is 60.9 Å². The number of amides is 1. The van der Waals surface area contributed by atoms with Gasteiger partial charge in [0.25, 0.3) is 0 Å². The second-order valence-electron chi connectivity index (χ2n) is 6.33. The highest BCUT2D eigenvalue weighted by molar-refractivity contribution is 6.30. The predicted octanol–water partition coefficient (Wildman–Crippen LogP) is 4.17. The fraction of sp³-hybridized carbons (Fsp3) is 0.200. The minimum absolute atomic E-state index is 0.00814. The molecule has 4 rings (SSSR count). The van der Waals surface area contributed by atoms with Gasteiger partial charge in [0.1, 0.15) is 11.2 Å². The van der Waals surface area contributed by atoms with Gasteiger partial charge < -0.3 is 9.88 Å². The third kappa shape index (κ3) is 2.53. The van der Waals surface area contributed by atoms with Gasteiger partial charge in [-0.2, -0.15) is 0 Å². The van der Waals surface area contributed by atoms with Gasteiger partial charge in [-0.3, -0.25) is 4.79 Å². The summed E-state index contributed by atoms with van der Waals surface area (Å²) in [5.41, 5.74) is 2.12. The van der Waals surface area contributed by atoms with Crippen LogP contribution in [-0.2, 0) is 16.8 Å². The zero-order valence-electron chi connectivity index (χ0n) is 13.9. The second-order valence-corrected chi connectivity index (χ2v) is 6.77. The molecule has 1 atom stereocenters. The molecule has 0 spiro atoms. The number of hydrogen-bond acceptors (Lipinski definition) is 2. The van der Waals surface area contributed by atoms with Crippen molar-refractivity contribution in [1.29, 1.82) is 0 Å². The van der Waals surface area contributed by atoms with E-state index < -0.39 is 5.41 Å². The number of halogens is 1. The van der Waals surface area contributed by atoms with Crippen molar-refractivity contribution < 1.29 is 4.79 Å². The molecule has 4 nitrogen and oxygen atoms in total. The van der Waals surface area contributed by atoms with Crippen molar-refractivity contribution in [2.24, 2.45) is 0 Å². The second kappa shape index (κ2) is 6.05. The number of carbonyl (C=O) groups is 1. The third-order valence-corrected chi connectivity index (χ3v) is 5.26. The first-order chi connectivity index (χ1) is 12.1. The molecule has 1 aliphatic rings. The molecule has 2 aromatic carbocycles. The number of carbonyl (C=O) groups excluding carboxylic acids is 1. The molecule has 0 aliphatic carbocycles. The van der Waals surface area contributed by atoms with Gasteiger partial charge in [0.15, 0.2) is 0 Å². The standard InChI is InChI=1S/C20H18ClN3O/c1-14-22-11-13-24(14)12-10-20(15-6-8-16(21)9-7-15)17-4-2-3-5-18(17)23-19(20)25/h2-9,11,13H,10,12H2,1H3,(H,23,25). The molecule has 1 N–H and O–H groups in total. The van der Waals surface area contributed by atoms with Crippen LogP contribution in [0.25, 0.3) is 0 Å². The predicted molar refractivity (Wildman–Crippen MR) is 98.9 cm³/mol. The molecule has 3 aromatic rings. The molecule has 0 fully saturated rings. The Kier molecular flexibility index (Phi) is 3.85. The highest BCUT2D eigenvalue weighted by Gasteiger charge is 2.47. The summed E-state index contributed by atoms with van der Waals surface area (Å²) in [4.78, 5) is 17.4. The maximum Gasteiger partial charge on any atom is 0.239 e. The van der Waals surface area contributed by atoms with Gasteiger partial charge in [-0.15, -0.1) is 0 Å². The molecule has 0 saturated carbocycles. The summed E-state index contributed by atoms with van der Waals surface area (Å²) in [5, 5.41) is 3.71. The van der Waals surface area contributed by atoms with Gasteiger partial charge in [-0.1, -0.05) is 41.9 Å². The van der Waals surface area contributed by atoms with Crippen LogP contribution in [0, 0.1) is 6.92 Å². The number of para-hydroxylation sites is 1. The first kappa shape index (κ1) is 15.9. The van der Waals surface area contributed by atoms with Crippen molar-refractivity contribution in [3.8, 4) is 0 Å². The Morgan fingerprint density at radius 3 is 2.64 bits per heavy atom. The molecule has 5 heteroatoms. The first-order valence-electron chi connectivity index (χ1n) is 8.26. The molecular weight excluding hydrogens is 334 g/mol. The third-order valence-electron chi connectivity index (χ3n) is 5.01. The molecular formula is C20H18ClN3O. The fourth-order valence-corrected chi connectivity index (χ4v) is 3.78. The van der Waals surface area contributed by atoms with E-state index in [1.54, 1.807) is 6.20 Å². The van der Waals surface area contributed by atoms with E-state index in [0.29, 0.717) is 18.0 Å². The van der Waals surface area contributed by atoms with E-state index in [-0.39, 0.29) is 5.91 Å². The quantitative estimate of drug-likeness (QED) is 0.766. The van der Waals surface area contributed by atoms with Gasteiger partial charge >= 0.3 is 0 Å². The van der Waals surface area contributed by atoms with E-state index in [9.17, 15) is 4.79 Å². The number of rotatable bonds is 4. The van der Waals surface area contributed by atoms with Crippen molar-refractivity contribution in [2.75, 3.05) is 5.32 Å². The molecule has 1 amide bonds. The number of benzene rings is 2. The molecule has 2 heterocycles. The summed E-state index contributed by atoms with van der Waals surface area (Å²) in [6.45, 7) is 2.67. The Morgan fingerprint density at radius 1 is 1.16 bits per heavy atom. The van der Waals surface area contributed by atoms with Crippen molar-refractivity contribution in [2.45, 2.75) is 25.3 Å². The summed E-state index contributed by atoms with van der Waals surface area (Å²) in [7, 11) is 0. The number of nitrogens with zero attached hydrogens (tertiary/aromatic N) is 2. The molecule has 25 heavy (non-hydrogen) atoms. The van der Waals surface area contributed by atoms with Crippen molar-refractivity contribution >= 4 is 23.2 Å². The lowest BCUT2D eigenvalue weighted by Crippen LogP contribution is -2.37. The summed E-state index contributed by atoms with van der Waals surface area (Å²) in [6.07, 6.45) is 4.38. The molecule has 126 valence electrons. The van der Waals surface area contributed by atoms with Crippen LogP contribution in [0.3, 0.4) is 0 Å². The normalized spacial score (nSPS) is 18.9. The molecule has 1 aliphatic heterocycles. The fourth-order valence-electron chi connectivity index (χ4n) is 3.66. The van der Waals surface area contributed by atoms with Crippen molar-refractivity contribution in [3.63, 3.8) is 0 Å². The summed E-state index contributed by atoms with van der Waals surface area (Å²) in [6, 6.07) is 15.5. The maximum atomic E-state index is 13.1. The van der Waals surface area contributed by atoms with Crippen molar-refractivity contribution in [1.82, 2.24) is 9.55 Å². The smallest absolute Gasteiger partial charge is 0.239 e. The van der Waals surface area contributed by atoms with Gasteiger partial charge in [0.05, 0.1) is 0 Å². The Labute approximate surface area is 151 Å². The van der Waals surface area contributed by atoms with Gasteiger partial charge in [0.2, 0.25) is 5.91 Å². The summed E-state index contributed by atoms with van der Waals surface area (Å²) in [5.74, 6) is 0.951. The maximum absolute atomic E-state index is 13.1. The van der Waals surface area contributed by atoms with Crippen LogP contribution in [0.5, 0.6) is 0 Å². The zero-order valence-corrected chi connectivity index (χ0v) is 14.6. The Bertz CT molecular complexity index is 932. The molecule has 0 bridgehead atoms. The lowest BCUT2D eigenvalue weighted by atomic mass is 9.73. The number of aryl methyl sites for hydroxylation is 2. The highest BCUT2D eigenvalue weighted by Crippen LogP contribution is 2.45. The molecule has 0 radical (unpaired) electrons. The number of fused-ring (bicyclic) bond motifs is 1. The topological polar surface area (TPSA) is 46.9 Å². The average molecular weight is 352 g/mol. The number of nitrogens with one attached hydrogen (secondary N) is 1. The number of hydrogen-bond donors (Lipinski definition) is 1. The molecule has 0 saturated heterocycles. The van der Waals surface area contributed by atoms with Crippen LogP contribution < -0.4 is 5.32 Å². The summed E-state index contributed by atoms with van der Waals surface area (Å²) < 4.78 is 2.08. The number of imidazole rings is 1. The molecule has 1 aromatic heterocycles. The van der Waals surface area contributed by atoms with Gasteiger partial charge in [-0.05, 0) is 42.7 Å². The Hall–Kier alpha value is -2.59. The van der Waals surface area contributed by atoms with Crippen LogP contribution in [0.1, 0.15) is 23.4 Å². The van der Waals surface area contributed by atoms with E-state index in [2.05, 4.69) is 14.9 Å². The van der Waals surface area contributed by atoms with Crippen LogP contribution in [-0.4, -0.2) is 15.5 Å². The van der Waals surface area contributed by atoms with E-state index in [1.165, 1.54) is 0 Å². The Morgan fingerprint density at radius 2 is 1.92 bits per heavy atom. The van der Waals surface area contributed by atoms with Crippen LogP contribution in [0.2, 0.25) is 5.02 Å².